The molecule has 26 heavy (non-hydrogen) atoms. The van der Waals surface area contributed by atoms with Crippen molar-refractivity contribution < 1.29 is 16.8 Å². The van der Waals surface area contributed by atoms with Crippen molar-refractivity contribution in [3.63, 3.8) is 0 Å². The van der Waals surface area contributed by atoms with E-state index < -0.39 is 20.0 Å². The third-order valence-corrected chi connectivity index (χ3v) is 7.60. The van der Waals surface area contributed by atoms with Crippen LogP contribution >= 0.6 is 0 Å². The molecule has 1 N–H and O–H groups in total. The van der Waals surface area contributed by atoms with Crippen LogP contribution in [-0.4, -0.2) is 35.2 Å². The van der Waals surface area contributed by atoms with Gasteiger partial charge in [-0.25, -0.2) is 21.1 Å². The van der Waals surface area contributed by atoms with E-state index in [4.69, 9.17) is 0 Å². The van der Waals surface area contributed by atoms with Gasteiger partial charge in [0.25, 0.3) is 10.0 Å². The van der Waals surface area contributed by atoms with Gasteiger partial charge < -0.3 is 0 Å². The molecule has 0 aliphatic carbocycles. The van der Waals surface area contributed by atoms with E-state index in [0.29, 0.717) is 16.7 Å². The molecule has 2 aromatic rings. The van der Waals surface area contributed by atoms with Gasteiger partial charge in [0.15, 0.2) is 0 Å². The summed E-state index contributed by atoms with van der Waals surface area (Å²) >= 11 is 0. The van der Waals surface area contributed by atoms with Gasteiger partial charge in [0.1, 0.15) is 0 Å². The number of sulfonamides is 2. The zero-order chi connectivity index (χ0) is 19.9. The predicted molar refractivity (Wildman–Crippen MR) is 104 cm³/mol. The molecular weight excluding hydrogens is 372 g/mol. The molecule has 0 aromatic heterocycles. The standard InChI is InChI=1S/C18H24N2O4S2/c1-12-7-8-13(2)18(9-12)25(21,22)19-17-11-16(10-14(3)15(17)4)26(23,24)20(5)6/h7-11,19H,1-6H3. The van der Waals surface area contributed by atoms with Crippen LogP contribution < -0.4 is 4.72 Å². The Morgan fingerprint density at radius 1 is 0.846 bits per heavy atom. The highest BCUT2D eigenvalue weighted by atomic mass is 32.2. The molecule has 2 aromatic carbocycles. The number of nitrogens with one attached hydrogen (secondary N) is 1. The highest BCUT2D eigenvalue weighted by molar-refractivity contribution is 7.92. The maximum Gasteiger partial charge on any atom is 0.262 e. The maximum atomic E-state index is 12.9. The van der Waals surface area contributed by atoms with Gasteiger partial charge in [-0.1, -0.05) is 12.1 Å². The summed E-state index contributed by atoms with van der Waals surface area (Å²) in [7, 11) is -4.65. The average molecular weight is 397 g/mol. The van der Waals surface area contributed by atoms with Crippen molar-refractivity contribution in [1.29, 1.82) is 0 Å². The first kappa shape index (κ1) is 20.4. The van der Waals surface area contributed by atoms with Gasteiger partial charge in [0, 0.05) is 14.1 Å². The lowest BCUT2D eigenvalue weighted by atomic mass is 10.1. The lowest BCUT2D eigenvalue weighted by Gasteiger charge is -2.17. The van der Waals surface area contributed by atoms with Gasteiger partial charge in [0.2, 0.25) is 10.0 Å². The molecule has 0 aliphatic heterocycles. The second-order valence-electron chi connectivity index (χ2n) is 6.57. The molecule has 6 nitrogen and oxygen atoms in total. The summed E-state index contributed by atoms with van der Waals surface area (Å²) in [6, 6.07) is 8.09. The molecule has 0 bridgehead atoms. The summed E-state index contributed by atoms with van der Waals surface area (Å²) in [5.41, 5.74) is 3.07. The van der Waals surface area contributed by atoms with Gasteiger partial charge in [-0.2, -0.15) is 0 Å². The van der Waals surface area contributed by atoms with E-state index in [1.807, 2.05) is 13.0 Å². The van der Waals surface area contributed by atoms with Crippen molar-refractivity contribution in [2.75, 3.05) is 18.8 Å². The topological polar surface area (TPSA) is 83.5 Å². The lowest BCUT2D eigenvalue weighted by molar-refractivity contribution is 0.520. The third kappa shape index (κ3) is 3.92. The summed E-state index contributed by atoms with van der Waals surface area (Å²) < 4.78 is 54.2. The fourth-order valence-corrected chi connectivity index (χ4v) is 4.95. The van der Waals surface area contributed by atoms with Crippen LogP contribution in [0.25, 0.3) is 0 Å². The molecule has 0 unspecified atom stereocenters. The molecule has 0 atom stereocenters. The van der Waals surface area contributed by atoms with Crippen LogP contribution in [-0.2, 0) is 20.0 Å². The zero-order valence-electron chi connectivity index (χ0n) is 15.8. The third-order valence-electron chi connectivity index (χ3n) is 4.30. The second-order valence-corrected chi connectivity index (χ2v) is 10.4. The molecule has 0 heterocycles. The van der Waals surface area contributed by atoms with Crippen molar-refractivity contribution in [3.05, 3.63) is 52.6 Å². The van der Waals surface area contributed by atoms with Crippen molar-refractivity contribution in [2.45, 2.75) is 37.5 Å². The Morgan fingerprint density at radius 2 is 1.46 bits per heavy atom. The van der Waals surface area contributed by atoms with Crippen molar-refractivity contribution in [1.82, 2.24) is 4.31 Å². The van der Waals surface area contributed by atoms with Gasteiger partial charge in [0.05, 0.1) is 15.5 Å². The summed E-state index contributed by atoms with van der Waals surface area (Å²) in [5, 5.41) is 0. The molecular formula is C18H24N2O4S2. The highest BCUT2D eigenvalue weighted by Gasteiger charge is 2.23. The van der Waals surface area contributed by atoms with Crippen LogP contribution in [0.2, 0.25) is 0 Å². The first-order chi connectivity index (χ1) is 11.9. The SMILES string of the molecule is Cc1ccc(C)c(S(=O)(=O)Nc2cc(S(=O)(=O)N(C)C)cc(C)c2C)c1. The molecule has 0 spiro atoms. The normalized spacial score (nSPS) is 12.4. The monoisotopic (exact) mass is 396 g/mol. The minimum absolute atomic E-state index is 0.0456. The van der Waals surface area contributed by atoms with Gasteiger partial charge in [-0.05, 0) is 68.1 Å². The van der Waals surface area contributed by atoms with Crippen molar-refractivity contribution in [2.24, 2.45) is 0 Å². The number of hydrogen-bond donors (Lipinski definition) is 1. The molecule has 0 amide bonds. The van der Waals surface area contributed by atoms with Gasteiger partial charge in [-0.15, -0.1) is 0 Å². The van der Waals surface area contributed by atoms with Gasteiger partial charge >= 0.3 is 0 Å². The highest BCUT2D eigenvalue weighted by Crippen LogP contribution is 2.28. The van der Waals surface area contributed by atoms with E-state index in [1.54, 1.807) is 39.0 Å². The number of rotatable bonds is 5. The van der Waals surface area contributed by atoms with Gasteiger partial charge in [-0.3, -0.25) is 4.72 Å². The number of hydrogen-bond acceptors (Lipinski definition) is 4. The molecule has 142 valence electrons. The quantitative estimate of drug-likeness (QED) is 0.842. The average Bonchev–Trinajstić information content (AvgIpc) is 2.53. The first-order valence-corrected chi connectivity index (χ1v) is 10.9. The van der Waals surface area contributed by atoms with Crippen LogP contribution in [0.3, 0.4) is 0 Å². The Morgan fingerprint density at radius 3 is 2.04 bits per heavy atom. The van der Waals surface area contributed by atoms with Crippen molar-refractivity contribution in [3.8, 4) is 0 Å². The summed E-state index contributed by atoms with van der Waals surface area (Å²) in [4.78, 5) is 0.222. The molecule has 0 saturated carbocycles. The van der Waals surface area contributed by atoms with Crippen LogP contribution in [0.15, 0.2) is 40.1 Å². The summed E-state index contributed by atoms with van der Waals surface area (Å²) in [6.45, 7) is 7.04. The van der Waals surface area contributed by atoms with Crippen LogP contribution in [0.4, 0.5) is 5.69 Å². The van der Waals surface area contributed by atoms with E-state index in [-0.39, 0.29) is 15.5 Å². The number of aryl methyl sites for hydroxylation is 3. The fraction of sp³-hybridized carbons (Fsp3) is 0.333. The van der Waals surface area contributed by atoms with Crippen molar-refractivity contribution >= 4 is 25.7 Å². The number of benzene rings is 2. The predicted octanol–water partition coefficient (Wildman–Crippen LogP) is 2.97. The molecule has 0 saturated heterocycles. The minimum atomic E-state index is -3.85. The summed E-state index contributed by atoms with van der Waals surface area (Å²) in [5.74, 6) is 0. The number of nitrogens with zero attached hydrogens (tertiary/aromatic N) is 1. The molecule has 8 heteroatoms. The Bertz CT molecular complexity index is 1060. The molecule has 0 fully saturated rings. The molecule has 0 aliphatic rings. The smallest absolute Gasteiger partial charge is 0.262 e. The first-order valence-electron chi connectivity index (χ1n) is 8.00. The van der Waals surface area contributed by atoms with E-state index in [0.717, 1.165) is 9.87 Å². The Hall–Kier alpha value is -1.90. The van der Waals surface area contributed by atoms with Crippen LogP contribution in [0, 0.1) is 27.7 Å². The van der Waals surface area contributed by atoms with E-state index in [9.17, 15) is 16.8 Å². The number of anilines is 1. The minimum Gasteiger partial charge on any atom is -0.279 e. The zero-order valence-corrected chi connectivity index (χ0v) is 17.4. The maximum absolute atomic E-state index is 12.9. The van der Waals surface area contributed by atoms with E-state index in [1.165, 1.54) is 20.2 Å². The lowest BCUT2D eigenvalue weighted by Crippen LogP contribution is -2.23. The summed E-state index contributed by atoms with van der Waals surface area (Å²) in [6.07, 6.45) is 0. The van der Waals surface area contributed by atoms with Crippen LogP contribution in [0.1, 0.15) is 22.3 Å². The largest absolute Gasteiger partial charge is 0.279 e. The Kier molecular flexibility index (Phi) is 5.51. The Balaban J connectivity index is 2.59. The van der Waals surface area contributed by atoms with E-state index >= 15 is 0 Å². The second kappa shape index (κ2) is 7.02. The molecule has 2 rings (SSSR count). The Labute approximate surface area is 156 Å². The molecule has 0 radical (unpaired) electrons. The van der Waals surface area contributed by atoms with Crippen LogP contribution in [0.5, 0.6) is 0 Å². The van der Waals surface area contributed by atoms with E-state index in [2.05, 4.69) is 4.72 Å². The fourth-order valence-electron chi connectivity index (χ4n) is 2.49.